The lowest BCUT2D eigenvalue weighted by molar-refractivity contribution is -0.132. The van der Waals surface area contributed by atoms with Gasteiger partial charge in [0.05, 0.1) is 26.8 Å². The lowest BCUT2D eigenvalue weighted by Gasteiger charge is -2.29. The summed E-state index contributed by atoms with van der Waals surface area (Å²) in [5, 5.41) is 33.9. The van der Waals surface area contributed by atoms with E-state index in [-0.39, 0.29) is 12.7 Å². The van der Waals surface area contributed by atoms with Gasteiger partial charge in [0.1, 0.15) is 6.04 Å². The Hall–Kier alpha value is -2.70. The van der Waals surface area contributed by atoms with Gasteiger partial charge in [-0.25, -0.2) is 0 Å². The van der Waals surface area contributed by atoms with Crippen LogP contribution in [-0.2, 0) is 22.4 Å². The minimum absolute atomic E-state index is 0.0309. The summed E-state index contributed by atoms with van der Waals surface area (Å²) in [7, 11) is 1.30. The third-order valence-electron chi connectivity index (χ3n) is 6.14. The molecule has 2 aliphatic rings. The van der Waals surface area contributed by atoms with Crippen LogP contribution in [0.1, 0.15) is 37.8 Å². The molecule has 0 aromatic heterocycles. The number of amides is 2. The van der Waals surface area contributed by atoms with Crippen molar-refractivity contribution < 1.29 is 43.7 Å². The van der Waals surface area contributed by atoms with Crippen LogP contribution in [0.2, 0.25) is 0 Å². The summed E-state index contributed by atoms with van der Waals surface area (Å²) in [4.78, 5) is 25.6. The molecule has 34 heavy (non-hydrogen) atoms. The van der Waals surface area contributed by atoms with Crippen molar-refractivity contribution in [3.63, 3.8) is 0 Å². The Morgan fingerprint density at radius 3 is 2.35 bits per heavy atom. The van der Waals surface area contributed by atoms with Crippen molar-refractivity contribution in [3.8, 4) is 23.0 Å². The normalized spacial score (nSPS) is 18.1. The van der Waals surface area contributed by atoms with Crippen LogP contribution in [0.15, 0.2) is 0 Å². The Labute approximate surface area is 198 Å². The Balaban J connectivity index is 1.73. The molecule has 0 bridgehead atoms. The fraction of sp³-hybridized carbons (Fsp3) is 0.636. The number of nitrogens with one attached hydrogen (secondary N) is 2. The van der Waals surface area contributed by atoms with Crippen LogP contribution in [0.25, 0.3) is 0 Å². The van der Waals surface area contributed by atoms with E-state index in [2.05, 4.69) is 10.6 Å². The van der Waals surface area contributed by atoms with Crippen LogP contribution < -0.4 is 29.6 Å². The van der Waals surface area contributed by atoms with Gasteiger partial charge in [0, 0.05) is 17.0 Å². The zero-order valence-electron chi connectivity index (χ0n) is 19.9. The van der Waals surface area contributed by atoms with Crippen LogP contribution in [0.4, 0.5) is 0 Å². The van der Waals surface area contributed by atoms with Gasteiger partial charge in [0.2, 0.25) is 30.1 Å². The van der Waals surface area contributed by atoms with Gasteiger partial charge in [-0.05, 0) is 31.6 Å². The summed E-state index contributed by atoms with van der Waals surface area (Å²) in [6.45, 7) is 3.16. The Morgan fingerprint density at radius 1 is 1.09 bits per heavy atom. The van der Waals surface area contributed by atoms with Crippen LogP contribution in [0.5, 0.6) is 23.0 Å². The summed E-state index contributed by atoms with van der Waals surface area (Å²) in [5.74, 6) is -0.414. The highest BCUT2D eigenvalue weighted by molar-refractivity contribution is 6.43. The molecule has 1 aromatic carbocycles. The van der Waals surface area contributed by atoms with E-state index in [0.717, 1.165) is 11.1 Å². The summed E-state index contributed by atoms with van der Waals surface area (Å²) < 4.78 is 22.3. The van der Waals surface area contributed by atoms with Crippen LogP contribution in [0.3, 0.4) is 0 Å². The average molecular weight is 480 g/mol. The molecule has 0 spiro atoms. The molecule has 12 heteroatoms. The predicted octanol–water partition coefficient (Wildman–Crippen LogP) is -0.443. The second-order valence-electron chi connectivity index (χ2n) is 8.93. The fourth-order valence-electron chi connectivity index (χ4n) is 4.49. The van der Waals surface area contributed by atoms with Crippen LogP contribution in [-0.4, -0.2) is 73.7 Å². The number of carbonyl (C=O) groups excluding carboxylic acids is 2. The van der Waals surface area contributed by atoms with E-state index in [4.69, 9.17) is 18.9 Å². The first-order chi connectivity index (χ1) is 16.2. The molecule has 5 N–H and O–H groups in total. The lowest BCUT2D eigenvalue weighted by atomic mass is 9.75. The summed E-state index contributed by atoms with van der Waals surface area (Å²) >= 11 is 0. The number of hydrogen-bond acceptors (Lipinski definition) is 9. The quantitative estimate of drug-likeness (QED) is 0.280. The minimum Gasteiger partial charge on any atom is -0.492 e. The number of methoxy groups -OCH3 is 2. The van der Waals surface area contributed by atoms with Crippen molar-refractivity contribution in [3.05, 3.63) is 11.1 Å². The molecule has 0 saturated carbocycles. The molecule has 3 rings (SSSR count). The predicted molar refractivity (Wildman–Crippen MR) is 122 cm³/mol. The van der Waals surface area contributed by atoms with E-state index in [9.17, 15) is 24.7 Å². The van der Waals surface area contributed by atoms with Gasteiger partial charge in [-0.2, -0.15) is 0 Å². The molecule has 2 unspecified atom stereocenters. The minimum atomic E-state index is -1.76. The molecule has 1 heterocycles. The van der Waals surface area contributed by atoms with E-state index in [1.54, 1.807) is 7.11 Å². The van der Waals surface area contributed by atoms with Gasteiger partial charge in [-0.3, -0.25) is 9.59 Å². The maximum Gasteiger partial charge on any atom is 0.475 e. The number of benzene rings is 1. The molecule has 1 aliphatic heterocycles. The summed E-state index contributed by atoms with van der Waals surface area (Å²) in [6, 6.07) is -1.22. The third-order valence-corrected chi connectivity index (χ3v) is 6.14. The SMILES string of the molecule is COc1c2c(c3c(c1OC)OCO3)CC(C(=O)N[C@@H](CO)C(=O)NC(CC(C)C)B(O)O)CC2. The van der Waals surface area contributed by atoms with Crippen LogP contribution >= 0.6 is 0 Å². The standard InChI is InChI=1S/C22H33BN2O9/c1-11(2)7-16(23(29)30)25-22(28)15(9-26)24-21(27)12-5-6-13-14(8-12)18-20(34-10-33-18)19(32-4)17(13)31-3/h11-12,15-16,26,29-30H,5-10H2,1-4H3,(H,24,27)(H,25,28)/t12?,15-,16?/m0/s1. The van der Waals surface area contributed by atoms with Crippen molar-refractivity contribution in [1.82, 2.24) is 10.6 Å². The molecule has 0 fully saturated rings. The number of carbonyl (C=O) groups is 2. The molecule has 3 atom stereocenters. The molecule has 188 valence electrons. The van der Waals surface area contributed by atoms with Crippen molar-refractivity contribution in [2.45, 2.75) is 51.5 Å². The first kappa shape index (κ1) is 25.9. The van der Waals surface area contributed by atoms with E-state index >= 15 is 0 Å². The average Bonchev–Trinajstić information content (AvgIpc) is 3.30. The first-order valence-electron chi connectivity index (χ1n) is 11.3. The number of fused-ring (bicyclic) bond motifs is 3. The zero-order valence-corrected chi connectivity index (χ0v) is 19.9. The van der Waals surface area contributed by atoms with Gasteiger partial charge < -0.3 is 44.7 Å². The monoisotopic (exact) mass is 480 g/mol. The fourth-order valence-corrected chi connectivity index (χ4v) is 4.49. The molecule has 2 amide bonds. The van der Waals surface area contributed by atoms with Crippen molar-refractivity contribution in [2.75, 3.05) is 27.6 Å². The number of rotatable bonds is 10. The second-order valence-corrected chi connectivity index (χ2v) is 8.93. The molecule has 0 saturated heterocycles. The second kappa shape index (κ2) is 11.2. The highest BCUT2D eigenvalue weighted by Gasteiger charge is 2.37. The van der Waals surface area contributed by atoms with Gasteiger partial charge >= 0.3 is 7.12 Å². The van der Waals surface area contributed by atoms with Gasteiger partial charge in [-0.15, -0.1) is 0 Å². The molecular weight excluding hydrogens is 447 g/mol. The Bertz CT molecular complexity index is 909. The first-order valence-corrected chi connectivity index (χ1v) is 11.3. The maximum absolute atomic E-state index is 13.0. The maximum atomic E-state index is 13.0. The number of hydrogen-bond donors (Lipinski definition) is 5. The van der Waals surface area contributed by atoms with Gasteiger partial charge in [0.15, 0.2) is 11.5 Å². The molecule has 0 radical (unpaired) electrons. The Morgan fingerprint density at radius 2 is 1.76 bits per heavy atom. The van der Waals surface area contributed by atoms with E-state index in [1.807, 2.05) is 13.8 Å². The van der Waals surface area contributed by atoms with E-state index in [0.29, 0.717) is 48.7 Å². The highest BCUT2D eigenvalue weighted by atomic mass is 16.7. The summed E-state index contributed by atoms with van der Waals surface area (Å²) in [5.41, 5.74) is 1.68. The topological polar surface area (TPSA) is 156 Å². The van der Waals surface area contributed by atoms with Gasteiger partial charge in [-0.1, -0.05) is 13.8 Å². The van der Waals surface area contributed by atoms with Crippen molar-refractivity contribution in [2.24, 2.45) is 11.8 Å². The third kappa shape index (κ3) is 5.34. The molecule has 11 nitrogen and oxygen atoms in total. The van der Waals surface area contributed by atoms with Gasteiger partial charge in [0.25, 0.3) is 0 Å². The number of ether oxygens (including phenoxy) is 4. The molecule has 1 aliphatic carbocycles. The van der Waals surface area contributed by atoms with Crippen molar-refractivity contribution >= 4 is 18.9 Å². The number of aliphatic hydroxyl groups is 1. The lowest BCUT2D eigenvalue weighted by Crippen LogP contribution is -2.56. The number of aliphatic hydroxyl groups excluding tert-OH is 1. The van der Waals surface area contributed by atoms with Crippen LogP contribution in [0, 0.1) is 11.8 Å². The summed E-state index contributed by atoms with van der Waals surface area (Å²) in [6.07, 6.45) is 1.67. The Kier molecular flexibility index (Phi) is 8.50. The largest absolute Gasteiger partial charge is 0.492 e. The van der Waals surface area contributed by atoms with E-state index < -0.39 is 43.4 Å². The smallest absolute Gasteiger partial charge is 0.475 e. The molecule has 1 aromatic rings. The van der Waals surface area contributed by atoms with Crippen molar-refractivity contribution in [1.29, 1.82) is 0 Å². The zero-order chi connectivity index (χ0) is 25.0. The highest BCUT2D eigenvalue weighted by Crippen LogP contribution is 2.54. The molecular formula is C22H33BN2O9. The van der Waals surface area contributed by atoms with E-state index in [1.165, 1.54) is 7.11 Å².